The topological polar surface area (TPSA) is 103 Å². The van der Waals surface area contributed by atoms with Crippen LogP contribution in [0.5, 0.6) is 0 Å². The van der Waals surface area contributed by atoms with Gasteiger partial charge in [-0.1, -0.05) is 5.16 Å². The summed E-state index contributed by atoms with van der Waals surface area (Å²) >= 11 is 1.34. The van der Waals surface area contributed by atoms with E-state index in [1.807, 2.05) is 0 Å². The average Bonchev–Trinajstić information content (AvgIpc) is 3.12. The van der Waals surface area contributed by atoms with Gasteiger partial charge in [0.15, 0.2) is 0 Å². The molecule has 2 N–H and O–H groups in total. The lowest BCUT2D eigenvalue weighted by atomic mass is 10.1. The second kappa shape index (κ2) is 11.4. The van der Waals surface area contributed by atoms with Crippen molar-refractivity contribution in [3.8, 4) is 0 Å². The molecule has 0 saturated carbocycles. The summed E-state index contributed by atoms with van der Waals surface area (Å²) in [7, 11) is 3.03. The van der Waals surface area contributed by atoms with Gasteiger partial charge in [0.05, 0.1) is 13.2 Å². The molecule has 10 heteroatoms. The fraction of sp³-hybridized carbons (Fsp3) is 0.389. The molecule has 28 heavy (non-hydrogen) atoms. The molecule has 0 radical (unpaired) electrons. The summed E-state index contributed by atoms with van der Waals surface area (Å²) in [5.74, 6) is -1.27. The van der Waals surface area contributed by atoms with Crippen molar-refractivity contribution >= 4 is 23.6 Å². The van der Waals surface area contributed by atoms with Crippen LogP contribution in [0.2, 0.25) is 0 Å². The molecule has 152 valence electrons. The molecule has 0 fully saturated rings. The van der Waals surface area contributed by atoms with Crippen LogP contribution in [0.25, 0.3) is 0 Å². The number of thioether (sulfide) groups is 1. The zero-order valence-electron chi connectivity index (χ0n) is 15.6. The van der Waals surface area contributed by atoms with Crippen LogP contribution in [0, 0.1) is 5.82 Å². The number of nitrogens with zero attached hydrogens (tertiary/aromatic N) is 1. The number of hydrogen-bond donors (Lipinski definition) is 2. The number of nitrogens with one attached hydrogen (secondary N) is 2. The molecule has 0 aliphatic carbocycles. The van der Waals surface area contributed by atoms with E-state index in [0.717, 1.165) is 4.90 Å². The van der Waals surface area contributed by atoms with Crippen molar-refractivity contribution in [2.45, 2.75) is 10.6 Å². The van der Waals surface area contributed by atoms with Crippen LogP contribution in [0.3, 0.4) is 0 Å². The lowest BCUT2D eigenvalue weighted by Gasteiger charge is -2.07. The first-order valence-electron chi connectivity index (χ1n) is 8.48. The van der Waals surface area contributed by atoms with Crippen LogP contribution in [0.1, 0.15) is 26.6 Å². The number of halogens is 1. The number of carbonyl (C=O) groups is 2. The molecule has 2 amide bonds. The lowest BCUT2D eigenvalue weighted by molar-refractivity contribution is 0.0876. The Morgan fingerprint density at radius 1 is 1.07 bits per heavy atom. The van der Waals surface area contributed by atoms with Gasteiger partial charge in [0.25, 0.3) is 11.8 Å². The van der Waals surface area contributed by atoms with Gasteiger partial charge < -0.3 is 24.6 Å². The molecule has 1 aromatic heterocycles. The summed E-state index contributed by atoms with van der Waals surface area (Å²) in [6, 6.07) is 5.93. The van der Waals surface area contributed by atoms with E-state index in [0.29, 0.717) is 18.9 Å². The highest BCUT2D eigenvalue weighted by Gasteiger charge is 2.27. The van der Waals surface area contributed by atoms with Crippen molar-refractivity contribution in [2.75, 3.05) is 40.5 Å². The van der Waals surface area contributed by atoms with Crippen molar-refractivity contribution in [3.05, 3.63) is 47.1 Å². The number of aromatic nitrogens is 1. The SMILES string of the molecule is COCCNC(=O)c1onc(CSc2ccc(F)cc2)c1C(=O)NCCOC. The van der Waals surface area contributed by atoms with E-state index >= 15 is 0 Å². The first kappa shape index (κ1) is 21.9. The number of hydrogen-bond acceptors (Lipinski definition) is 7. The quantitative estimate of drug-likeness (QED) is 0.430. The Labute approximate surface area is 166 Å². The van der Waals surface area contributed by atoms with E-state index in [2.05, 4.69) is 15.8 Å². The Balaban J connectivity index is 2.16. The van der Waals surface area contributed by atoms with Gasteiger partial charge in [0.2, 0.25) is 5.76 Å². The summed E-state index contributed by atoms with van der Waals surface area (Å²) in [6.07, 6.45) is 0. The number of carbonyl (C=O) groups excluding carboxylic acids is 2. The molecule has 8 nitrogen and oxygen atoms in total. The molecule has 0 atom stereocenters. The predicted octanol–water partition coefficient (Wildman–Crippen LogP) is 1.86. The van der Waals surface area contributed by atoms with Crippen LogP contribution in [-0.2, 0) is 15.2 Å². The van der Waals surface area contributed by atoms with E-state index in [9.17, 15) is 14.0 Å². The van der Waals surface area contributed by atoms with E-state index < -0.39 is 11.8 Å². The van der Waals surface area contributed by atoms with Crippen LogP contribution in [0.15, 0.2) is 33.7 Å². The zero-order chi connectivity index (χ0) is 20.4. The molecular weight excluding hydrogens is 389 g/mol. The first-order chi connectivity index (χ1) is 13.6. The largest absolute Gasteiger partial charge is 0.383 e. The zero-order valence-corrected chi connectivity index (χ0v) is 16.4. The minimum Gasteiger partial charge on any atom is -0.383 e. The van der Waals surface area contributed by atoms with Crippen LogP contribution < -0.4 is 10.6 Å². The second-order valence-electron chi connectivity index (χ2n) is 5.57. The van der Waals surface area contributed by atoms with Crippen molar-refractivity contribution in [1.29, 1.82) is 0 Å². The minimum absolute atomic E-state index is 0.0700. The molecule has 1 heterocycles. The lowest BCUT2D eigenvalue weighted by Crippen LogP contribution is -2.32. The van der Waals surface area contributed by atoms with Crippen molar-refractivity contribution in [1.82, 2.24) is 15.8 Å². The monoisotopic (exact) mass is 411 g/mol. The Morgan fingerprint density at radius 2 is 1.68 bits per heavy atom. The summed E-state index contributed by atoms with van der Waals surface area (Å²) < 4.78 is 28.0. The summed E-state index contributed by atoms with van der Waals surface area (Å²) in [6.45, 7) is 1.19. The summed E-state index contributed by atoms with van der Waals surface area (Å²) in [5, 5.41) is 9.17. The van der Waals surface area contributed by atoms with Gasteiger partial charge in [-0.15, -0.1) is 11.8 Å². The number of ether oxygens (including phenoxy) is 2. The summed E-state index contributed by atoms with van der Waals surface area (Å²) in [5.41, 5.74) is 0.391. The Kier molecular flexibility index (Phi) is 8.92. The third kappa shape index (κ3) is 6.32. The normalized spacial score (nSPS) is 10.7. The molecule has 0 bridgehead atoms. The molecule has 1 aromatic carbocycles. The van der Waals surface area contributed by atoms with Crippen molar-refractivity contribution in [3.63, 3.8) is 0 Å². The van der Waals surface area contributed by atoms with Gasteiger partial charge in [0.1, 0.15) is 17.1 Å². The molecule has 0 unspecified atom stereocenters. The molecule has 0 saturated heterocycles. The van der Waals surface area contributed by atoms with Gasteiger partial charge in [-0.3, -0.25) is 9.59 Å². The Morgan fingerprint density at radius 3 is 2.29 bits per heavy atom. The third-order valence-electron chi connectivity index (χ3n) is 3.57. The average molecular weight is 411 g/mol. The number of amides is 2. The van der Waals surface area contributed by atoms with Gasteiger partial charge in [0, 0.05) is 38.0 Å². The van der Waals surface area contributed by atoms with Gasteiger partial charge in [-0.25, -0.2) is 4.39 Å². The highest BCUT2D eigenvalue weighted by molar-refractivity contribution is 7.98. The Bertz CT molecular complexity index is 782. The fourth-order valence-electron chi connectivity index (χ4n) is 2.20. The van der Waals surface area contributed by atoms with E-state index in [4.69, 9.17) is 14.0 Å². The van der Waals surface area contributed by atoms with E-state index in [1.54, 1.807) is 12.1 Å². The first-order valence-corrected chi connectivity index (χ1v) is 9.46. The van der Waals surface area contributed by atoms with Gasteiger partial charge in [-0.05, 0) is 24.3 Å². The standard InChI is InChI=1S/C18H22FN3O5S/c1-25-9-7-20-17(23)15-14(11-28-13-5-3-12(19)4-6-13)22-27-16(15)18(24)21-8-10-26-2/h3-6H,7-11H2,1-2H3,(H,20,23)(H,21,24). The van der Waals surface area contributed by atoms with Crippen molar-refractivity contribution in [2.24, 2.45) is 0 Å². The smallest absolute Gasteiger partial charge is 0.290 e. The highest BCUT2D eigenvalue weighted by Crippen LogP contribution is 2.25. The van der Waals surface area contributed by atoms with Crippen molar-refractivity contribution < 1.29 is 28.0 Å². The maximum Gasteiger partial charge on any atom is 0.290 e. The van der Waals surface area contributed by atoms with E-state index in [1.165, 1.54) is 38.1 Å². The molecule has 0 aliphatic heterocycles. The van der Waals surface area contributed by atoms with Crippen LogP contribution in [0.4, 0.5) is 4.39 Å². The maximum absolute atomic E-state index is 13.0. The number of rotatable bonds is 11. The van der Waals surface area contributed by atoms with Gasteiger partial charge in [-0.2, -0.15) is 0 Å². The molecule has 2 rings (SSSR count). The van der Waals surface area contributed by atoms with E-state index in [-0.39, 0.29) is 36.0 Å². The molecular formula is C18H22FN3O5S. The van der Waals surface area contributed by atoms with Crippen LogP contribution in [-0.4, -0.2) is 57.5 Å². The highest BCUT2D eigenvalue weighted by atomic mass is 32.2. The molecule has 2 aromatic rings. The molecule has 0 aliphatic rings. The fourth-order valence-corrected chi connectivity index (χ4v) is 3.02. The minimum atomic E-state index is -0.556. The van der Waals surface area contributed by atoms with Crippen LogP contribution >= 0.6 is 11.8 Å². The van der Waals surface area contributed by atoms with Gasteiger partial charge >= 0.3 is 0 Å². The number of methoxy groups -OCH3 is 2. The molecule has 0 spiro atoms. The summed E-state index contributed by atoms with van der Waals surface area (Å²) in [4.78, 5) is 25.7. The second-order valence-corrected chi connectivity index (χ2v) is 6.62. The Hall–Kier alpha value is -2.43. The third-order valence-corrected chi connectivity index (χ3v) is 4.59. The number of benzene rings is 1. The maximum atomic E-state index is 13.0. The predicted molar refractivity (Wildman–Crippen MR) is 101 cm³/mol.